The number of amides is 2. The summed E-state index contributed by atoms with van der Waals surface area (Å²) in [5.41, 5.74) is 2.72. The summed E-state index contributed by atoms with van der Waals surface area (Å²) in [5, 5.41) is 4.86. The molecule has 0 aliphatic carbocycles. The van der Waals surface area contributed by atoms with Gasteiger partial charge in [-0.25, -0.2) is 10.3 Å². The van der Waals surface area contributed by atoms with Crippen LogP contribution in [-0.4, -0.2) is 11.6 Å². The van der Waals surface area contributed by atoms with Crippen molar-refractivity contribution in [3.8, 4) is 0 Å². The number of anilines is 1. The first-order chi connectivity index (χ1) is 8.96. The highest BCUT2D eigenvalue weighted by atomic mass is 16.7. The number of urea groups is 1. The molecule has 100 valence electrons. The van der Waals surface area contributed by atoms with Gasteiger partial charge in [0.05, 0.1) is 11.3 Å². The number of hydrogen-bond donors (Lipinski definition) is 2. The monoisotopic (exact) mass is 258 g/mol. The quantitative estimate of drug-likeness (QED) is 0.807. The fourth-order valence-corrected chi connectivity index (χ4v) is 1.68. The number of rotatable bonds is 2. The number of hydrogen-bond acceptors (Lipinski definition) is 2. The van der Waals surface area contributed by atoms with Crippen LogP contribution in [0.1, 0.15) is 20.8 Å². The Labute approximate surface area is 112 Å². The zero-order valence-electron chi connectivity index (χ0n) is 11.4. The fourth-order valence-electron chi connectivity index (χ4n) is 1.68. The van der Waals surface area contributed by atoms with Crippen molar-refractivity contribution in [1.29, 1.82) is 0 Å². The van der Waals surface area contributed by atoms with Crippen molar-refractivity contribution in [2.45, 2.75) is 26.4 Å². The smallest absolute Gasteiger partial charge is 0.306 e. The molecule has 0 saturated carbocycles. The van der Waals surface area contributed by atoms with Crippen LogP contribution in [0.3, 0.4) is 0 Å². The predicted molar refractivity (Wildman–Crippen MR) is 76.9 cm³/mol. The number of carbonyl (C=O) groups excluding carboxylic acids is 1. The third-order valence-corrected chi connectivity index (χ3v) is 2.49. The van der Waals surface area contributed by atoms with E-state index in [2.05, 4.69) is 10.8 Å². The van der Waals surface area contributed by atoms with Crippen LogP contribution in [-0.2, 0) is 4.84 Å². The van der Waals surface area contributed by atoms with Crippen LogP contribution >= 0.6 is 0 Å². The maximum Gasteiger partial charge on any atom is 0.343 e. The van der Waals surface area contributed by atoms with Gasteiger partial charge < -0.3 is 5.32 Å². The molecule has 0 aliphatic rings. The zero-order valence-corrected chi connectivity index (χ0v) is 11.4. The van der Waals surface area contributed by atoms with Crippen molar-refractivity contribution >= 4 is 22.5 Å². The molecule has 0 radical (unpaired) electrons. The zero-order chi connectivity index (χ0) is 13.9. The molecule has 0 spiro atoms. The molecule has 2 N–H and O–H groups in total. The van der Waals surface area contributed by atoms with Crippen molar-refractivity contribution < 1.29 is 9.63 Å². The Morgan fingerprint density at radius 2 is 1.74 bits per heavy atom. The Bertz CT molecular complexity index is 583. The minimum absolute atomic E-state index is 0.383. The van der Waals surface area contributed by atoms with Crippen LogP contribution < -0.4 is 10.8 Å². The molecule has 19 heavy (non-hydrogen) atoms. The lowest BCUT2D eigenvalue weighted by atomic mass is 10.1. The third-order valence-electron chi connectivity index (χ3n) is 2.49. The average Bonchev–Trinajstić information content (AvgIpc) is 2.36. The van der Waals surface area contributed by atoms with Gasteiger partial charge in [0.15, 0.2) is 0 Å². The molecule has 4 heteroatoms. The van der Waals surface area contributed by atoms with Crippen LogP contribution in [0.5, 0.6) is 0 Å². The summed E-state index contributed by atoms with van der Waals surface area (Å²) < 4.78 is 0. The van der Waals surface area contributed by atoms with Crippen molar-refractivity contribution in [2.75, 3.05) is 5.32 Å². The maximum atomic E-state index is 11.8. The first kappa shape index (κ1) is 13.4. The summed E-state index contributed by atoms with van der Waals surface area (Å²) in [4.78, 5) is 17.0. The van der Waals surface area contributed by atoms with E-state index in [4.69, 9.17) is 4.84 Å². The Morgan fingerprint density at radius 3 is 2.47 bits per heavy atom. The van der Waals surface area contributed by atoms with Gasteiger partial charge in [0.1, 0.15) is 0 Å². The van der Waals surface area contributed by atoms with Gasteiger partial charge in [0.25, 0.3) is 0 Å². The van der Waals surface area contributed by atoms with E-state index in [9.17, 15) is 4.79 Å². The molecule has 0 saturated heterocycles. The van der Waals surface area contributed by atoms with Gasteiger partial charge in [0.2, 0.25) is 0 Å². The number of nitrogens with one attached hydrogen (secondary N) is 2. The maximum absolute atomic E-state index is 11.8. The first-order valence-corrected chi connectivity index (χ1v) is 6.18. The Balaban J connectivity index is 2.11. The van der Waals surface area contributed by atoms with E-state index in [-0.39, 0.29) is 6.03 Å². The molecule has 4 nitrogen and oxygen atoms in total. The fraction of sp³-hybridized carbons (Fsp3) is 0.267. The van der Waals surface area contributed by atoms with E-state index in [0.717, 1.165) is 16.5 Å². The summed E-state index contributed by atoms with van der Waals surface area (Å²) in [6.07, 6.45) is 0. The van der Waals surface area contributed by atoms with Gasteiger partial charge in [-0.3, -0.25) is 4.84 Å². The second kappa shape index (κ2) is 5.28. The van der Waals surface area contributed by atoms with Crippen LogP contribution in [0.25, 0.3) is 10.8 Å². The van der Waals surface area contributed by atoms with Gasteiger partial charge in [-0.15, -0.1) is 0 Å². The van der Waals surface area contributed by atoms with Crippen LogP contribution in [0.15, 0.2) is 42.5 Å². The average molecular weight is 258 g/mol. The summed E-state index contributed by atoms with van der Waals surface area (Å²) in [5.74, 6) is 0. The molecule has 0 heterocycles. The lowest BCUT2D eigenvalue weighted by Crippen LogP contribution is -2.36. The van der Waals surface area contributed by atoms with Crippen LogP contribution in [0.4, 0.5) is 10.5 Å². The number of fused-ring (bicyclic) bond motifs is 1. The van der Waals surface area contributed by atoms with Gasteiger partial charge in [-0.1, -0.05) is 36.4 Å². The summed E-state index contributed by atoms with van der Waals surface area (Å²) in [7, 11) is 0. The van der Waals surface area contributed by atoms with E-state index in [1.807, 2.05) is 63.2 Å². The number of benzene rings is 2. The molecule has 0 bridgehead atoms. The standard InChI is InChI=1S/C15H18N2O2/c1-15(2,3)19-17-14(18)16-13-10-6-8-11-7-4-5-9-12(11)13/h4-10H,1-3H3,(H2,16,17,18). The molecular weight excluding hydrogens is 240 g/mol. The predicted octanol–water partition coefficient (Wildman–Crippen LogP) is 3.69. The molecule has 0 aromatic heterocycles. The van der Waals surface area contributed by atoms with Gasteiger partial charge in [-0.05, 0) is 32.2 Å². The molecule has 0 unspecified atom stereocenters. The van der Waals surface area contributed by atoms with Crippen molar-refractivity contribution in [3.63, 3.8) is 0 Å². The summed E-state index contributed by atoms with van der Waals surface area (Å²) in [6, 6.07) is 13.3. The molecule has 2 aromatic rings. The van der Waals surface area contributed by atoms with Crippen LogP contribution in [0.2, 0.25) is 0 Å². The van der Waals surface area contributed by atoms with E-state index in [0.29, 0.717) is 0 Å². The molecular formula is C15H18N2O2. The second-order valence-electron chi connectivity index (χ2n) is 5.30. The van der Waals surface area contributed by atoms with Crippen LogP contribution in [0, 0.1) is 0 Å². The Hall–Kier alpha value is -2.07. The minimum atomic E-state index is -0.421. The lowest BCUT2D eigenvalue weighted by molar-refractivity contribution is -0.0505. The SMILES string of the molecule is CC(C)(C)ONC(=O)Nc1cccc2ccccc12. The normalized spacial score (nSPS) is 11.3. The molecule has 2 aromatic carbocycles. The largest absolute Gasteiger partial charge is 0.343 e. The van der Waals surface area contributed by atoms with E-state index in [1.54, 1.807) is 0 Å². The van der Waals surface area contributed by atoms with Gasteiger partial charge >= 0.3 is 6.03 Å². The minimum Gasteiger partial charge on any atom is -0.306 e. The molecule has 0 fully saturated rings. The molecule has 0 atom stereocenters. The number of carbonyl (C=O) groups is 1. The van der Waals surface area contributed by atoms with Crippen molar-refractivity contribution in [3.05, 3.63) is 42.5 Å². The number of hydroxylamine groups is 1. The highest BCUT2D eigenvalue weighted by molar-refractivity contribution is 6.01. The van der Waals surface area contributed by atoms with Gasteiger partial charge in [-0.2, -0.15) is 0 Å². The van der Waals surface area contributed by atoms with E-state index in [1.165, 1.54) is 0 Å². The molecule has 2 rings (SSSR count). The summed E-state index contributed by atoms with van der Waals surface area (Å²) in [6.45, 7) is 5.60. The van der Waals surface area contributed by atoms with Gasteiger partial charge in [0, 0.05) is 5.39 Å². The third kappa shape index (κ3) is 3.69. The topological polar surface area (TPSA) is 50.4 Å². The van der Waals surface area contributed by atoms with E-state index < -0.39 is 5.60 Å². The Morgan fingerprint density at radius 1 is 1.05 bits per heavy atom. The first-order valence-electron chi connectivity index (χ1n) is 6.18. The summed E-state index contributed by atoms with van der Waals surface area (Å²) >= 11 is 0. The molecule has 2 amide bonds. The lowest BCUT2D eigenvalue weighted by Gasteiger charge is -2.19. The van der Waals surface area contributed by atoms with Crippen molar-refractivity contribution in [2.24, 2.45) is 0 Å². The van der Waals surface area contributed by atoms with E-state index >= 15 is 0 Å². The Kier molecular flexibility index (Phi) is 3.71. The highest BCUT2D eigenvalue weighted by Gasteiger charge is 2.13. The molecule has 0 aliphatic heterocycles. The van der Waals surface area contributed by atoms with Crippen molar-refractivity contribution in [1.82, 2.24) is 5.48 Å². The second-order valence-corrected chi connectivity index (χ2v) is 5.30. The highest BCUT2D eigenvalue weighted by Crippen LogP contribution is 2.22.